The molecule has 152 valence electrons. The maximum Gasteiger partial charge on any atom is 0.166 e. The fraction of sp³-hybridized carbons (Fsp3) is 0.185. The van der Waals surface area contributed by atoms with Crippen molar-refractivity contribution in [2.75, 3.05) is 0 Å². The molecule has 6 rings (SSSR count). The first-order chi connectivity index (χ1) is 15.3. The third-order valence-electron chi connectivity index (χ3n) is 6.05. The molecule has 1 fully saturated rings. The van der Waals surface area contributed by atoms with Crippen molar-refractivity contribution < 1.29 is 0 Å². The molecule has 3 nitrogen and oxygen atoms in total. The Morgan fingerprint density at radius 1 is 0.871 bits per heavy atom. The van der Waals surface area contributed by atoms with Gasteiger partial charge in [0.2, 0.25) is 0 Å². The van der Waals surface area contributed by atoms with Crippen molar-refractivity contribution in [3.8, 4) is 11.1 Å². The number of benzene rings is 3. The average Bonchev–Trinajstić information content (AvgIpc) is 3.56. The van der Waals surface area contributed by atoms with Crippen LogP contribution in [-0.4, -0.2) is 15.0 Å². The molecule has 0 saturated heterocycles. The number of hydrogen-bond acceptors (Lipinski definition) is 3. The molecule has 1 aliphatic rings. The Kier molecular flexibility index (Phi) is 4.53. The number of thioether (sulfide) groups is 1. The summed E-state index contributed by atoms with van der Waals surface area (Å²) in [7, 11) is 0. The van der Waals surface area contributed by atoms with Crippen LogP contribution in [0.5, 0.6) is 0 Å². The van der Waals surface area contributed by atoms with Crippen LogP contribution in [0.4, 0.5) is 0 Å². The fourth-order valence-corrected chi connectivity index (χ4v) is 5.22. The first kappa shape index (κ1) is 18.6. The van der Waals surface area contributed by atoms with E-state index >= 15 is 0 Å². The van der Waals surface area contributed by atoms with Gasteiger partial charge in [-0.3, -0.25) is 4.98 Å². The van der Waals surface area contributed by atoms with Crippen LogP contribution < -0.4 is 0 Å². The van der Waals surface area contributed by atoms with Crippen molar-refractivity contribution >= 4 is 33.7 Å². The van der Waals surface area contributed by atoms with Crippen molar-refractivity contribution in [2.24, 2.45) is 0 Å². The summed E-state index contributed by atoms with van der Waals surface area (Å²) in [6.45, 7) is 2.14. The van der Waals surface area contributed by atoms with Crippen LogP contribution in [0, 0.1) is 6.92 Å². The Morgan fingerprint density at radius 2 is 1.61 bits per heavy atom. The number of rotatable bonds is 5. The SMILES string of the molecule is Cc1ccc(-c2c(CSc3nc4ccccc4[nH]3)c(C3CC3)nc3ccccc23)cc1. The van der Waals surface area contributed by atoms with Gasteiger partial charge in [-0.25, -0.2) is 4.98 Å². The Morgan fingerprint density at radius 3 is 2.39 bits per heavy atom. The Bertz CT molecular complexity index is 1360. The van der Waals surface area contributed by atoms with E-state index in [4.69, 9.17) is 9.97 Å². The number of imidazole rings is 1. The summed E-state index contributed by atoms with van der Waals surface area (Å²) in [5, 5.41) is 2.20. The van der Waals surface area contributed by atoms with Gasteiger partial charge in [0.05, 0.1) is 16.6 Å². The molecule has 1 saturated carbocycles. The molecule has 0 amide bonds. The summed E-state index contributed by atoms with van der Waals surface area (Å²) in [5.74, 6) is 1.44. The lowest BCUT2D eigenvalue weighted by molar-refractivity contribution is 1.01. The van der Waals surface area contributed by atoms with Crippen LogP contribution in [0.2, 0.25) is 0 Å². The molecule has 2 aromatic heterocycles. The molecule has 0 atom stereocenters. The number of para-hydroxylation sites is 3. The van der Waals surface area contributed by atoms with Crippen LogP contribution in [0.15, 0.2) is 78.0 Å². The minimum atomic E-state index is 0.583. The number of H-pyrrole nitrogens is 1. The quantitative estimate of drug-likeness (QED) is 0.304. The highest BCUT2D eigenvalue weighted by atomic mass is 32.2. The maximum absolute atomic E-state index is 5.15. The van der Waals surface area contributed by atoms with Crippen LogP contribution in [0.25, 0.3) is 33.1 Å². The largest absolute Gasteiger partial charge is 0.333 e. The number of hydrogen-bond donors (Lipinski definition) is 1. The highest BCUT2D eigenvalue weighted by Gasteiger charge is 2.30. The van der Waals surface area contributed by atoms with E-state index in [0.29, 0.717) is 5.92 Å². The molecular formula is C27H23N3S. The van der Waals surface area contributed by atoms with Crippen molar-refractivity contribution in [1.82, 2.24) is 15.0 Å². The standard InChI is InChI=1S/C27H23N3S/c1-17-10-12-18(13-11-17)25-20-6-2-3-7-22(20)28-26(19-14-15-19)21(25)16-31-27-29-23-8-4-5-9-24(23)30-27/h2-13,19H,14-16H2,1H3,(H,29,30). The van der Waals surface area contributed by atoms with Crippen LogP contribution in [-0.2, 0) is 5.75 Å². The third kappa shape index (κ3) is 3.51. The molecule has 0 aliphatic heterocycles. The Labute approximate surface area is 185 Å². The summed E-state index contributed by atoms with van der Waals surface area (Å²) in [4.78, 5) is 13.4. The number of nitrogens with zero attached hydrogens (tertiary/aromatic N) is 2. The van der Waals surface area contributed by atoms with Gasteiger partial charge in [-0.05, 0) is 54.7 Å². The molecule has 1 aliphatic carbocycles. The lowest BCUT2D eigenvalue weighted by Gasteiger charge is -2.17. The van der Waals surface area contributed by atoms with E-state index in [-0.39, 0.29) is 0 Å². The van der Waals surface area contributed by atoms with Gasteiger partial charge in [0.1, 0.15) is 0 Å². The molecule has 0 radical (unpaired) electrons. The summed E-state index contributed by atoms with van der Waals surface area (Å²) < 4.78 is 0. The van der Waals surface area contributed by atoms with Gasteiger partial charge in [-0.2, -0.15) is 0 Å². The first-order valence-electron chi connectivity index (χ1n) is 10.8. The van der Waals surface area contributed by atoms with Gasteiger partial charge in [0.25, 0.3) is 0 Å². The number of aromatic amines is 1. The zero-order valence-electron chi connectivity index (χ0n) is 17.4. The van der Waals surface area contributed by atoms with Gasteiger partial charge in [-0.1, -0.05) is 71.9 Å². The van der Waals surface area contributed by atoms with E-state index in [1.165, 1.54) is 46.2 Å². The minimum Gasteiger partial charge on any atom is -0.333 e. The van der Waals surface area contributed by atoms with Gasteiger partial charge in [0, 0.05) is 22.8 Å². The molecule has 0 spiro atoms. The number of pyridine rings is 1. The van der Waals surface area contributed by atoms with E-state index in [1.54, 1.807) is 11.8 Å². The summed E-state index contributed by atoms with van der Waals surface area (Å²) >= 11 is 1.77. The average molecular weight is 422 g/mol. The molecular weight excluding hydrogens is 398 g/mol. The number of fused-ring (bicyclic) bond motifs is 2. The van der Waals surface area contributed by atoms with Crippen LogP contribution in [0.3, 0.4) is 0 Å². The lowest BCUT2D eigenvalue weighted by Crippen LogP contribution is -2.01. The van der Waals surface area contributed by atoms with Crippen LogP contribution in [0.1, 0.15) is 35.6 Å². The van der Waals surface area contributed by atoms with E-state index in [2.05, 4.69) is 72.6 Å². The van der Waals surface area contributed by atoms with Gasteiger partial charge < -0.3 is 4.98 Å². The second kappa shape index (κ2) is 7.54. The molecule has 0 bridgehead atoms. The Balaban J connectivity index is 1.50. The molecule has 5 aromatic rings. The number of aryl methyl sites for hydroxylation is 1. The highest BCUT2D eigenvalue weighted by molar-refractivity contribution is 7.98. The molecule has 3 aromatic carbocycles. The lowest BCUT2D eigenvalue weighted by atomic mass is 9.93. The van der Waals surface area contributed by atoms with E-state index in [1.807, 2.05) is 12.1 Å². The monoisotopic (exact) mass is 421 g/mol. The first-order valence-corrected chi connectivity index (χ1v) is 11.8. The van der Waals surface area contributed by atoms with E-state index < -0.39 is 0 Å². The molecule has 1 N–H and O–H groups in total. The molecule has 4 heteroatoms. The third-order valence-corrected chi connectivity index (χ3v) is 6.95. The Hall–Kier alpha value is -3.11. The highest BCUT2D eigenvalue weighted by Crippen LogP contribution is 2.46. The van der Waals surface area contributed by atoms with Crippen molar-refractivity contribution in [3.63, 3.8) is 0 Å². The zero-order valence-corrected chi connectivity index (χ0v) is 18.2. The molecule has 2 heterocycles. The van der Waals surface area contributed by atoms with Crippen molar-refractivity contribution in [1.29, 1.82) is 0 Å². The topological polar surface area (TPSA) is 41.6 Å². The summed E-state index contributed by atoms with van der Waals surface area (Å²) in [6.07, 6.45) is 2.47. The predicted molar refractivity (Wildman–Crippen MR) is 130 cm³/mol. The van der Waals surface area contributed by atoms with E-state index in [0.717, 1.165) is 27.5 Å². The molecule has 31 heavy (non-hydrogen) atoms. The van der Waals surface area contributed by atoms with E-state index in [9.17, 15) is 0 Å². The second-order valence-electron chi connectivity index (χ2n) is 8.36. The van der Waals surface area contributed by atoms with Crippen LogP contribution >= 0.6 is 11.8 Å². The second-order valence-corrected chi connectivity index (χ2v) is 9.32. The smallest absolute Gasteiger partial charge is 0.166 e. The normalized spacial score (nSPS) is 13.8. The van der Waals surface area contributed by atoms with Crippen molar-refractivity contribution in [2.45, 2.75) is 36.6 Å². The number of aromatic nitrogens is 3. The van der Waals surface area contributed by atoms with Gasteiger partial charge >= 0.3 is 0 Å². The predicted octanol–water partition coefficient (Wildman–Crippen LogP) is 7.26. The fourth-order valence-electron chi connectivity index (χ4n) is 4.30. The maximum atomic E-state index is 5.15. The minimum absolute atomic E-state index is 0.583. The summed E-state index contributed by atoms with van der Waals surface area (Å²) in [6, 6.07) is 25.7. The zero-order chi connectivity index (χ0) is 20.8. The number of nitrogens with one attached hydrogen (secondary N) is 1. The van der Waals surface area contributed by atoms with Gasteiger partial charge in [-0.15, -0.1) is 0 Å². The van der Waals surface area contributed by atoms with Crippen molar-refractivity contribution in [3.05, 3.63) is 89.6 Å². The molecule has 0 unspecified atom stereocenters. The summed E-state index contributed by atoms with van der Waals surface area (Å²) in [5.41, 5.74) is 9.71. The van der Waals surface area contributed by atoms with Gasteiger partial charge in [0.15, 0.2) is 5.16 Å².